The average molecular weight is 295 g/mol. The first-order valence-electron chi connectivity index (χ1n) is 6.64. The number of hydrogen-bond donors (Lipinski definition) is 2. The number of carboxylic acid groups (broad SMARTS) is 1. The number of anilines is 1. The maximum absolute atomic E-state index is 12.4. The van der Waals surface area contributed by atoms with Crippen molar-refractivity contribution in [1.82, 2.24) is 4.90 Å². The zero-order valence-corrected chi connectivity index (χ0v) is 11.5. The lowest BCUT2D eigenvalue weighted by Gasteiger charge is -2.23. The molecule has 1 aromatic carbocycles. The van der Waals surface area contributed by atoms with Gasteiger partial charge in [-0.05, 0) is 31.4 Å². The molecule has 2 N–H and O–H groups in total. The molecule has 0 radical (unpaired) electrons. The minimum Gasteiger partial charge on any atom is -0.481 e. The van der Waals surface area contributed by atoms with Crippen LogP contribution in [0.3, 0.4) is 0 Å². The minimum atomic E-state index is -0.812. The Morgan fingerprint density at radius 3 is 2.70 bits per heavy atom. The third kappa shape index (κ3) is 2.12. The van der Waals surface area contributed by atoms with Crippen LogP contribution in [0.1, 0.15) is 19.3 Å². The molecule has 2 aliphatic heterocycles. The summed E-state index contributed by atoms with van der Waals surface area (Å²) < 4.78 is 0. The Hall–Kier alpha value is -1.75. The fourth-order valence-electron chi connectivity index (χ4n) is 3.31. The van der Waals surface area contributed by atoms with E-state index in [1.165, 1.54) is 0 Å². The topological polar surface area (TPSA) is 69.6 Å². The van der Waals surface area contributed by atoms with Gasteiger partial charge in [-0.15, -0.1) is 0 Å². The largest absolute Gasteiger partial charge is 0.481 e. The molecule has 2 aliphatic rings. The van der Waals surface area contributed by atoms with E-state index in [-0.39, 0.29) is 18.1 Å². The molecule has 2 saturated heterocycles. The lowest BCUT2D eigenvalue weighted by atomic mass is 9.89. The van der Waals surface area contributed by atoms with Gasteiger partial charge < -0.3 is 15.3 Å². The van der Waals surface area contributed by atoms with E-state index in [9.17, 15) is 14.7 Å². The summed E-state index contributed by atoms with van der Waals surface area (Å²) in [7, 11) is 0. The number of benzene rings is 1. The Bertz CT molecular complexity index is 563. The summed E-state index contributed by atoms with van der Waals surface area (Å²) in [4.78, 5) is 25.2. The van der Waals surface area contributed by atoms with Gasteiger partial charge in [-0.1, -0.05) is 23.7 Å². The van der Waals surface area contributed by atoms with Gasteiger partial charge in [0.1, 0.15) is 0 Å². The third-order valence-electron chi connectivity index (χ3n) is 4.20. The summed E-state index contributed by atoms with van der Waals surface area (Å²) in [5.74, 6) is -1.25. The van der Waals surface area contributed by atoms with Crippen LogP contribution >= 0.6 is 11.6 Å². The Morgan fingerprint density at radius 2 is 2.05 bits per heavy atom. The quantitative estimate of drug-likeness (QED) is 0.881. The molecule has 2 heterocycles. The van der Waals surface area contributed by atoms with Crippen LogP contribution in [0.25, 0.3) is 0 Å². The highest BCUT2D eigenvalue weighted by Gasteiger charge is 2.51. The van der Waals surface area contributed by atoms with Crippen LogP contribution in [0.15, 0.2) is 24.3 Å². The number of aliphatic carboxylic acids is 1. The number of para-hydroxylation sites is 1. The summed E-state index contributed by atoms with van der Waals surface area (Å²) in [6, 6.07) is 6.60. The number of amides is 2. The summed E-state index contributed by atoms with van der Waals surface area (Å²) in [6.07, 6.45) is 2.19. The van der Waals surface area contributed by atoms with Crippen LogP contribution in [0, 0.1) is 5.92 Å². The monoisotopic (exact) mass is 294 g/mol. The number of halogens is 1. The van der Waals surface area contributed by atoms with Gasteiger partial charge in [0, 0.05) is 12.1 Å². The van der Waals surface area contributed by atoms with Gasteiger partial charge in [0.15, 0.2) is 0 Å². The molecule has 2 amide bonds. The molecule has 5 nitrogen and oxygen atoms in total. The highest BCUT2D eigenvalue weighted by atomic mass is 35.5. The fraction of sp³-hybridized carbons (Fsp3) is 0.429. The second-order valence-electron chi connectivity index (χ2n) is 5.30. The number of rotatable bonds is 2. The Morgan fingerprint density at radius 1 is 1.30 bits per heavy atom. The van der Waals surface area contributed by atoms with Crippen molar-refractivity contribution in [2.45, 2.75) is 31.3 Å². The number of urea groups is 1. The predicted molar refractivity (Wildman–Crippen MR) is 74.9 cm³/mol. The molecule has 3 atom stereocenters. The first kappa shape index (κ1) is 13.2. The SMILES string of the molecule is O=C(O)C1CC2CCC1N2C(=O)Nc1ccccc1Cl. The minimum absolute atomic E-state index is 0.0311. The standard InChI is InChI=1S/C14H15ClN2O3/c15-10-3-1-2-4-11(10)16-14(20)17-8-5-6-12(17)9(7-8)13(18)19/h1-4,8-9,12H,5-7H2,(H,16,20)(H,18,19). The number of nitrogens with zero attached hydrogens (tertiary/aromatic N) is 1. The molecule has 0 aliphatic carbocycles. The van der Waals surface area contributed by atoms with Crippen LogP contribution in [0.2, 0.25) is 5.02 Å². The maximum Gasteiger partial charge on any atom is 0.322 e. The fourth-order valence-corrected chi connectivity index (χ4v) is 3.50. The van der Waals surface area contributed by atoms with Gasteiger partial charge >= 0.3 is 12.0 Å². The van der Waals surface area contributed by atoms with Crippen molar-refractivity contribution in [3.63, 3.8) is 0 Å². The van der Waals surface area contributed by atoms with E-state index < -0.39 is 11.9 Å². The van der Waals surface area contributed by atoms with E-state index >= 15 is 0 Å². The predicted octanol–water partition coefficient (Wildman–Crippen LogP) is 2.81. The van der Waals surface area contributed by atoms with Crippen molar-refractivity contribution in [2.24, 2.45) is 5.92 Å². The van der Waals surface area contributed by atoms with Crippen LogP contribution in [0.5, 0.6) is 0 Å². The van der Waals surface area contributed by atoms with Gasteiger partial charge in [-0.2, -0.15) is 0 Å². The van der Waals surface area contributed by atoms with Crippen molar-refractivity contribution in [1.29, 1.82) is 0 Å². The Balaban J connectivity index is 1.76. The smallest absolute Gasteiger partial charge is 0.322 e. The van der Waals surface area contributed by atoms with Crippen molar-refractivity contribution < 1.29 is 14.7 Å². The zero-order chi connectivity index (χ0) is 14.3. The van der Waals surface area contributed by atoms with Gasteiger partial charge in [-0.25, -0.2) is 4.79 Å². The highest BCUT2D eigenvalue weighted by Crippen LogP contribution is 2.42. The summed E-state index contributed by atoms with van der Waals surface area (Å²) >= 11 is 6.02. The molecule has 20 heavy (non-hydrogen) atoms. The van der Waals surface area contributed by atoms with E-state index in [0.29, 0.717) is 17.1 Å². The number of fused-ring (bicyclic) bond motifs is 2. The molecule has 3 rings (SSSR count). The molecule has 2 bridgehead atoms. The molecule has 0 aromatic heterocycles. The molecule has 0 saturated carbocycles. The number of hydrogen-bond acceptors (Lipinski definition) is 2. The van der Waals surface area contributed by atoms with Crippen molar-refractivity contribution in [3.8, 4) is 0 Å². The van der Waals surface area contributed by atoms with E-state index in [0.717, 1.165) is 12.8 Å². The second kappa shape index (κ2) is 4.98. The molecular formula is C14H15ClN2O3. The molecule has 106 valence electrons. The van der Waals surface area contributed by atoms with E-state index in [1.807, 2.05) is 0 Å². The Labute approximate surface area is 121 Å². The molecule has 6 heteroatoms. The summed E-state index contributed by atoms with van der Waals surface area (Å²) in [5, 5.41) is 12.4. The first-order chi connectivity index (χ1) is 9.58. The van der Waals surface area contributed by atoms with Crippen molar-refractivity contribution in [3.05, 3.63) is 29.3 Å². The third-order valence-corrected chi connectivity index (χ3v) is 4.53. The van der Waals surface area contributed by atoms with E-state index in [4.69, 9.17) is 11.6 Å². The lowest BCUT2D eigenvalue weighted by molar-refractivity contribution is -0.142. The lowest BCUT2D eigenvalue weighted by Crippen LogP contribution is -2.40. The van der Waals surface area contributed by atoms with Crippen LogP contribution in [-0.2, 0) is 4.79 Å². The van der Waals surface area contributed by atoms with Crippen molar-refractivity contribution in [2.75, 3.05) is 5.32 Å². The van der Waals surface area contributed by atoms with E-state index in [1.54, 1.807) is 29.2 Å². The summed E-state index contributed by atoms with van der Waals surface area (Å²) in [6.45, 7) is 0. The molecule has 3 unspecified atom stereocenters. The van der Waals surface area contributed by atoms with Crippen LogP contribution in [-0.4, -0.2) is 34.1 Å². The number of carbonyl (C=O) groups is 2. The second-order valence-corrected chi connectivity index (χ2v) is 5.70. The van der Waals surface area contributed by atoms with E-state index in [2.05, 4.69) is 5.32 Å². The number of nitrogens with one attached hydrogen (secondary N) is 1. The zero-order valence-electron chi connectivity index (χ0n) is 10.8. The van der Waals surface area contributed by atoms with Crippen molar-refractivity contribution >= 4 is 29.3 Å². The normalized spacial score (nSPS) is 27.6. The molecular weight excluding hydrogens is 280 g/mol. The number of carboxylic acids is 1. The van der Waals surface area contributed by atoms with Gasteiger partial charge in [0.25, 0.3) is 0 Å². The average Bonchev–Trinajstić information content (AvgIpc) is 2.99. The van der Waals surface area contributed by atoms with Crippen LogP contribution in [0.4, 0.5) is 10.5 Å². The molecule has 0 spiro atoms. The van der Waals surface area contributed by atoms with Gasteiger partial charge in [0.2, 0.25) is 0 Å². The maximum atomic E-state index is 12.4. The molecule has 1 aromatic rings. The van der Waals surface area contributed by atoms with Gasteiger partial charge in [0.05, 0.1) is 16.6 Å². The van der Waals surface area contributed by atoms with Gasteiger partial charge in [-0.3, -0.25) is 4.79 Å². The molecule has 2 fully saturated rings. The van der Waals surface area contributed by atoms with Crippen LogP contribution < -0.4 is 5.32 Å². The number of carbonyl (C=O) groups excluding carboxylic acids is 1. The summed E-state index contributed by atoms with van der Waals surface area (Å²) in [5.41, 5.74) is 0.553. The Kier molecular flexibility index (Phi) is 3.30. The first-order valence-corrected chi connectivity index (χ1v) is 7.02. The highest BCUT2D eigenvalue weighted by molar-refractivity contribution is 6.33.